The van der Waals surface area contributed by atoms with Crippen molar-refractivity contribution in [2.24, 2.45) is 0 Å². The average molecular weight is 392 g/mol. The van der Waals surface area contributed by atoms with Gasteiger partial charge in [0.05, 0.1) is 6.54 Å². The van der Waals surface area contributed by atoms with E-state index in [-0.39, 0.29) is 5.69 Å². The van der Waals surface area contributed by atoms with E-state index in [0.717, 1.165) is 42.0 Å². The summed E-state index contributed by atoms with van der Waals surface area (Å²) in [6.45, 7) is 4.81. The zero-order valence-corrected chi connectivity index (χ0v) is 17.3. The molecule has 5 heteroatoms. The van der Waals surface area contributed by atoms with Crippen molar-refractivity contribution in [3.05, 3.63) is 86.7 Å². The van der Waals surface area contributed by atoms with Gasteiger partial charge in [0.25, 0.3) is 0 Å². The molecule has 4 rings (SSSR count). The van der Waals surface area contributed by atoms with E-state index in [1.165, 1.54) is 27.9 Å². The van der Waals surface area contributed by atoms with Crippen molar-refractivity contribution in [2.45, 2.75) is 56.9 Å². The van der Waals surface area contributed by atoms with Gasteiger partial charge in [0.15, 0.2) is 0 Å². The Kier molecular flexibility index (Phi) is 5.62. The van der Waals surface area contributed by atoms with E-state index in [1.54, 1.807) is 18.0 Å². The molecule has 144 valence electrons. The number of thioether (sulfide) groups is 1. The number of aromatic nitrogens is 3. The van der Waals surface area contributed by atoms with Crippen LogP contribution in [0.25, 0.3) is 0 Å². The third-order valence-electron chi connectivity index (χ3n) is 5.38. The molecule has 0 amide bonds. The van der Waals surface area contributed by atoms with Gasteiger partial charge >= 0.3 is 5.69 Å². The van der Waals surface area contributed by atoms with Crippen molar-refractivity contribution in [3.8, 4) is 0 Å². The molecule has 1 aromatic carbocycles. The minimum absolute atomic E-state index is 0.145. The van der Waals surface area contributed by atoms with Crippen LogP contribution in [-0.4, -0.2) is 14.5 Å². The van der Waals surface area contributed by atoms with Gasteiger partial charge in [-0.05, 0) is 62.3 Å². The summed E-state index contributed by atoms with van der Waals surface area (Å²) in [6.07, 6.45) is 7.83. The van der Waals surface area contributed by atoms with Crippen LogP contribution >= 0.6 is 11.8 Å². The van der Waals surface area contributed by atoms with Crippen molar-refractivity contribution < 1.29 is 0 Å². The number of fused-ring (bicyclic) bond motifs is 1. The predicted octanol–water partition coefficient (Wildman–Crippen LogP) is 4.47. The fourth-order valence-corrected chi connectivity index (χ4v) is 4.95. The van der Waals surface area contributed by atoms with Gasteiger partial charge < -0.3 is 0 Å². The Morgan fingerprint density at radius 2 is 2.00 bits per heavy atom. The van der Waals surface area contributed by atoms with Crippen LogP contribution in [0.2, 0.25) is 0 Å². The average Bonchev–Trinajstić information content (AvgIpc) is 2.72. The molecule has 0 aliphatic heterocycles. The van der Waals surface area contributed by atoms with Crippen LogP contribution in [0.5, 0.6) is 0 Å². The van der Waals surface area contributed by atoms with E-state index in [2.05, 4.69) is 42.0 Å². The maximum Gasteiger partial charge on any atom is 0.349 e. The lowest BCUT2D eigenvalue weighted by Gasteiger charge is -2.23. The van der Waals surface area contributed by atoms with Crippen LogP contribution in [0.4, 0.5) is 0 Å². The summed E-state index contributed by atoms with van der Waals surface area (Å²) >= 11 is 1.70. The van der Waals surface area contributed by atoms with Crippen molar-refractivity contribution in [3.63, 3.8) is 0 Å². The predicted molar refractivity (Wildman–Crippen MR) is 114 cm³/mol. The SMILES string of the molecule is Cc1ccc(C)c(CSc2nc(=O)n(Cc3cccnc3)c3c2CCCC3)c1. The molecule has 1 aliphatic carbocycles. The summed E-state index contributed by atoms with van der Waals surface area (Å²) in [5.41, 5.74) is 7.20. The summed E-state index contributed by atoms with van der Waals surface area (Å²) in [6, 6.07) is 10.5. The van der Waals surface area contributed by atoms with Gasteiger partial charge in [-0.2, -0.15) is 4.98 Å². The molecule has 0 spiro atoms. The van der Waals surface area contributed by atoms with Crippen molar-refractivity contribution in [1.29, 1.82) is 0 Å². The van der Waals surface area contributed by atoms with Gasteiger partial charge in [-0.15, -0.1) is 11.8 Å². The lowest BCUT2D eigenvalue weighted by molar-refractivity contribution is 0.569. The third-order valence-corrected chi connectivity index (χ3v) is 6.45. The topological polar surface area (TPSA) is 47.8 Å². The second-order valence-corrected chi connectivity index (χ2v) is 8.46. The Hall–Kier alpha value is -2.40. The summed E-state index contributed by atoms with van der Waals surface area (Å²) in [5, 5.41) is 0.919. The maximum absolute atomic E-state index is 12.9. The number of benzene rings is 1. The molecule has 4 nitrogen and oxygen atoms in total. The quantitative estimate of drug-likeness (QED) is 0.475. The summed E-state index contributed by atoms with van der Waals surface area (Å²) in [7, 11) is 0. The Labute approximate surface area is 170 Å². The number of hydrogen-bond donors (Lipinski definition) is 0. The highest BCUT2D eigenvalue weighted by molar-refractivity contribution is 7.98. The highest BCUT2D eigenvalue weighted by atomic mass is 32.2. The van der Waals surface area contributed by atoms with E-state index >= 15 is 0 Å². The first-order chi connectivity index (χ1) is 13.6. The lowest BCUT2D eigenvalue weighted by atomic mass is 9.97. The van der Waals surface area contributed by atoms with Gasteiger partial charge in [-0.3, -0.25) is 9.55 Å². The number of hydrogen-bond acceptors (Lipinski definition) is 4. The molecule has 2 heterocycles. The summed E-state index contributed by atoms with van der Waals surface area (Å²) in [5.74, 6) is 0.846. The van der Waals surface area contributed by atoms with Gasteiger partial charge in [0.1, 0.15) is 5.03 Å². The molecule has 0 atom stereocenters. The molecule has 0 N–H and O–H groups in total. The fraction of sp³-hybridized carbons (Fsp3) is 0.348. The molecule has 0 bridgehead atoms. The van der Waals surface area contributed by atoms with E-state index in [4.69, 9.17) is 0 Å². The standard InChI is InChI=1S/C23H25N3OS/c1-16-9-10-17(2)19(12-16)15-28-22-20-7-3-4-8-21(20)26(23(27)25-22)14-18-6-5-11-24-13-18/h5-6,9-13H,3-4,7-8,14-15H2,1-2H3. The van der Waals surface area contributed by atoms with Crippen LogP contribution in [0, 0.1) is 13.8 Å². The number of pyridine rings is 1. The molecule has 0 saturated carbocycles. The molecule has 0 saturated heterocycles. The molecule has 0 radical (unpaired) electrons. The van der Waals surface area contributed by atoms with Gasteiger partial charge in [-0.1, -0.05) is 29.8 Å². The first-order valence-electron chi connectivity index (χ1n) is 9.82. The highest BCUT2D eigenvalue weighted by Crippen LogP contribution is 2.31. The van der Waals surface area contributed by atoms with Crippen molar-refractivity contribution >= 4 is 11.8 Å². The largest absolute Gasteiger partial charge is 0.349 e. The maximum atomic E-state index is 12.9. The highest BCUT2D eigenvalue weighted by Gasteiger charge is 2.21. The number of rotatable bonds is 5. The minimum atomic E-state index is -0.145. The zero-order valence-electron chi connectivity index (χ0n) is 16.4. The Morgan fingerprint density at radius 3 is 2.82 bits per heavy atom. The molecule has 1 aliphatic rings. The van der Waals surface area contributed by atoms with Crippen LogP contribution in [-0.2, 0) is 25.1 Å². The molecule has 0 unspecified atom stereocenters. The molecular weight excluding hydrogens is 366 g/mol. The monoisotopic (exact) mass is 391 g/mol. The fourth-order valence-electron chi connectivity index (χ4n) is 3.81. The first-order valence-corrected chi connectivity index (χ1v) is 10.8. The van der Waals surface area contributed by atoms with Crippen LogP contribution in [0.15, 0.2) is 52.5 Å². The van der Waals surface area contributed by atoms with Crippen LogP contribution < -0.4 is 5.69 Å². The Bertz CT molecular complexity index is 1040. The lowest BCUT2D eigenvalue weighted by Crippen LogP contribution is -2.30. The summed E-state index contributed by atoms with van der Waals surface area (Å²) in [4.78, 5) is 21.5. The second kappa shape index (κ2) is 8.31. The normalized spacial score (nSPS) is 13.4. The van der Waals surface area contributed by atoms with Gasteiger partial charge in [0.2, 0.25) is 0 Å². The second-order valence-electron chi connectivity index (χ2n) is 7.50. The van der Waals surface area contributed by atoms with Crippen LogP contribution in [0.3, 0.4) is 0 Å². The third kappa shape index (κ3) is 4.04. The van der Waals surface area contributed by atoms with Gasteiger partial charge in [-0.25, -0.2) is 4.79 Å². The molecule has 2 aromatic heterocycles. The Morgan fingerprint density at radius 1 is 1.14 bits per heavy atom. The van der Waals surface area contributed by atoms with E-state index < -0.39 is 0 Å². The molecule has 28 heavy (non-hydrogen) atoms. The van der Waals surface area contributed by atoms with Crippen molar-refractivity contribution in [2.75, 3.05) is 0 Å². The Balaban J connectivity index is 1.66. The molecule has 3 aromatic rings. The first kappa shape index (κ1) is 18.9. The van der Waals surface area contributed by atoms with E-state index in [1.807, 2.05) is 22.9 Å². The smallest absolute Gasteiger partial charge is 0.291 e. The zero-order chi connectivity index (χ0) is 19.5. The molecular formula is C23H25N3OS. The van der Waals surface area contributed by atoms with Crippen molar-refractivity contribution in [1.82, 2.24) is 14.5 Å². The van der Waals surface area contributed by atoms with Gasteiger partial charge in [0, 0.05) is 29.4 Å². The van der Waals surface area contributed by atoms with E-state index in [0.29, 0.717) is 6.54 Å². The summed E-state index contributed by atoms with van der Waals surface area (Å²) < 4.78 is 1.85. The minimum Gasteiger partial charge on any atom is -0.291 e. The number of aryl methyl sites for hydroxylation is 2. The van der Waals surface area contributed by atoms with E-state index in [9.17, 15) is 4.79 Å². The van der Waals surface area contributed by atoms with Crippen LogP contribution in [0.1, 0.15) is 46.4 Å². The molecule has 0 fully saturated rings. The number of nitrogens with zero attached hydrogens (tertiary/aromatic N) is 3.